The van der Waals surface area contributed by atoms with E-state index >= 15 is 0 Å². The second-order valence-electron chi connectivity index (χ2n) is 4.32. The molecule has 68 valence electrons. The predicted molar refractivity (Wildman–Crippen MR) is 48.4 cm³/mol. The minimum atomic E-state index is -1.14. The second kappa shape index (κ2) is 2.63. The van der Waals surface area contributed by atoms with Crippen molar-refractivity contribution in [3.8, 4) is 0 Å². The van der Waals surface area contributed by atoms with Crippen LogP contribution in [0.2, 0.25) is 0 Å². The first-order chi connectivity index (χ1) is 5.31. The SMILES string of the molecule is CC1(O)C=C(C(C)(C)C)C=CO1. The summed E-state index contributed by atoms with van der Waals surface area (Å²) in [7, 11) is 0. The van der Waals surface area contributed by atoms with Gasteiger partial charge in [0.05, 0.1) is 6.26 Å². The van der Waals surface area contributed by atoms with Gasteiger partial charge in [0.15, 0.2) is 0 Å². The molecule has 2 heteroatoms. The highest BCUT2D eigenvalue weighted by atomic mass is 16.6. The maximum atomic E-state index is 9.56. The van der Waals surface area contributed by atoms with Gasteiger partial charge >= 0.3 is 0 Å². The lowest BCUT2D eigenvalue weighted by atomic mass is 9.84. The molecule has 1 atom stereocenters. The van der Waals surface area contributed by atoms with Crippen LogP contribution in [0.5, 0.6) is 0 Å². The van der Waals surface area contributed by atoms with Gasteiger partial charge < -0.3 is 9.84 Å². The van der Waals surface area contributed by atoms with Crippen molar-refractivity contribution in [3.63, 3.8) is 0 Å². The van der Waals surface area contributed by atoms with Crippen molar-refractivity contribution in [1.29, 1.82) is 0 Å². The van der Waals surface area contributed by atoms with E-state index in [4.69, 9.17) is 4.74 Å². The summed E-state index contributed by atoms with van der Waals surface area (Å²) >= 11 is 0. The number of hydrogen-bond acceptors (Lipinski definition) is 2. The Morgan fingerprint density at radius 2 is 2.00 bits per heavy atom. The van der Waals surface area contributed by atoms with Crippen molar-refractivity contribution < 1.29 is 9.84 Å². The highest BCUT2D eigenvalue weighted by Crippen LogP contribution is 2.31. The Morgan fingerprint density at radius 3 is 2.33 bits per heavy atom. The smallest absolute Gasteiger partial charge is 0.224 e. The molecule has 2 nitrogen and oxygen atoms in total. The van der Waals surface area contributed by atoms with Gasteiger partial charge in [0.2, 0.25) is 5.79 Å². The summed E-state index contributed by atoms with van der Waals surface area (Å²) in [5.41, 5.74) is 1.16. The average molecular weight is 168 g/mol. The van der Waals surface area contributed by atoms with Crippen LogP contribution >= 0.6 is 0 Å². The Bertz CT molecular complexity index is 225. The fraction of sp³-hybridized carbons (Fsp3) is 0.600. The van der Waals surface area contributed by atoms with E-state index in [-0.39, 0.29) is 5.41 Å². The molecule has 0 aromatic carbocycles. The highest BCUT2D eigenvalue weighted by Gasteiger charge is 2.25. The van der Waals surface area contributed by atoms with E-state index in [2.05, 4.69) is 20.8 Å². The Kier molecular flexibility index (Phi) is 2.04. The lowest BCUT2D eigenvalue weighted by Gasteiger charge is -2.29. The van der Waals surface area contributed by atoms with Crippen LogP contribution in [0.25, 0.3) is 0 Å². The molecule has 12 heavy (non-hydrogen) atoms. The zero-order valence-corrected chi connectivity index (χ0v) is 8.09. The van der Waals surface area contributed by atoms with Crippen LogP contribution in [0, 0.1) is 5.41 Å². The molecule has 0 saturated carbocycles. The van der Waals surface area contributed by atoms with E-state index < -0.39 is 5.79 Å². The van der Waals surface area contributed by atoms with Crippen molar-refractivity contribution in [2.24, 2.45) is 5.41 Å². The van der Waals surface area contributed by atoms with Gasteiger partial charge in [-0.25, -0.2) is 0 Å². The van der Waals surface area contributed by atoms with Gasteiger partial charge in [-0.3, -0.25) is 0 Å². The summed E-state index contributed by atoms with van der Waals surface area (Å²) in [5.74, 6) is -1.14. The normalized spacial score (nSPS) is 29.6. The quantitative estimate of drug-likeness (QED) is 0.601. The van der Waals surface area contributed by atoms with E-state index in [1.165, 1.54) is 0 Å². The summed E-state index contributed by atoms with van der Waals surface area (Å²) in [6, 6.07) is 0. The van der Waals surface area contributed by atoms with Gasteiger partial charge in [0.25, 0.3) is 0 Å². The number of ether oxygens (including phenoxy) is 1. The molecule has 1 aliphatic rings. The number of allylic oxidation sites excluding steroid dienone is 2. The molecule has 1 rings (SSSR count). The fourth-order valence-corrected chi connectivity index (χ4v) is 1.08. The Hall–Kier alpha value is -0.760. The van der Waals surface area contributed by atoms with Gasteiger partial charge in [0.1, 0.15) is 0 Å². The minimum absolute atomic E-state index is 0.0598. The van der Waals surface area contributed by atoms with Crippen LogP contribution < -0.4 is 0 Å². The van der Waals surface area contributed by atoms with E-state index in [1.807, 2.05) is 6.08 Å². The first-order valence-corrected chi connectivity index (χ1v) is 4.11. The van der Waals surface area contributed by atoms with Crippen LogP contribution in [-0.2, 0) is 4.74 Å². The van der Waals surface area contributed by atoms with Gasteiger partial charge in [-0.2, -0.15) is 0 Å². The molecule has 0 spiro atoms. The molecule has 0 aromatic heterocycles. The molecule has 0 saturated heterocycles. The van der Waals surface area contributed by atoms with Crippen molar-refractivity contribution in [2.75, 3.05) is 0 Å². The van der Waals surface area contributed by atoms with Crippen molar-refractivity contribution in [1.82, 2.24) is 0 Å². The third-order valence-corrected chi connectivity index (χ3v) is 1.84. The molecule has 1 aliphatic heterocycles. The molecule has 1 N–H and O–H groups in total. The molecule has 0 bridgehead atoms. The van der Waals surface area contributed by atoms with E-state index in [9.17, 15) is 5.11 Å². The van der Waals surface area contributed by atoms with Crippen LogP contribution in [0.1, 0.15) is 27.7 Å². The van der Waals surface area contributed by atoms with Crippen LogP contribution in [0.15, 0.2) is 24.0 Å². The summed E-state index contributed by atoms with van der Waals surface area (Å²) in [4.78, 5) is 0. The second-order valence-corrected chi connectivity index (χ2v) is 4.32. The standard InChI is InChI=1S/C10H16O2/c1-9(2,3)8-5-6-12-10(4,11)7-8/h5-7,11H,1-4H3. The lowest BCUT2D eigenvalue weighted by molar-refractivity contribution is -0.113. The largest absolute Gasteiger partial charge is 0.467 e. The molecule has 1 heterocycles. The highest BCUT2D eigenvalue weighted by molar-refractivity contribution is 5.28. The monoisotopic (exact) mass is 168 g/mol. The number of hydrogen-bond donors (Lipinski definition) is 1. The van der Waals surface area contributed by atoms with Crippen molar-refractivity contribution >= 4 is 0 Å². The van der Waals surface area contributed by atoms with Gasteiger partial charge in [-0.15, -0.1) is 0 Å². The minimum Gasteiger partial charge on any atom is -0.467 e. The third-order valence-electron chi connectivity index (χ3n) is 1.84. The zero-order chi connectivity index (χ0) is 9.41. The van der Waals surface area contributed by atoms with E-state index in [0.717, 1.165) is 5.57 Å². The van der Waals surface area contributed by atoms with Crippen LogP contribution in [0.3, 0.4) is 0 Å². The molecule has 0 amide bonds. The van der Waals surface area contributed by atoms with Gasteiger partial charge in [-0.05, 0) is 23.1 Å². The average Bonchev–Trinajstić information content (AvgIpc) is 1.83. The Balaban J connectivity index is 2.92. The summed E-state index contributed by atoms with van der Waals surface area (Å²) in [5, 5.41) is 9.56. The number of aliphatic hydroxyl groups is 1. The van der Waals surface area contributed by atoms with Crippen LogP contribution in [0.4, 0.5) is 0 Å². The molecule has 0 aromatic rings. The van der Waals surface area contributed by atoms with Crippen molar-refractivity contribution in [2.45, 2.75) is 33.5 Å². The zero-order valence-electron chi connectivity index (χ0n) is 8.09. The third kappa shape index (κ3) is 2.11. The summed E-state index contributed by atoms with van der Waals surface area (Å²) in [6.45, 7) is 7.93. The topological polar surface area (TPSA) is 29.5 Å². The summed E-state index contributed by atoms with van der Waals surface area (Å²) < 4.78 is 4.99. The van der Waals surface area contributed by atoms with Crippen LogP contribution in [-0.4, -0.2) is 10.9 Å². The molecule has 1 unspecified atom stereocenters. The maximum Gasteiger partial charge on any atom is 0.224 e. The fourth-order valence-electron chi connectivity index (χ4n) is 1.08. The Labute approximate surface area is 73.5 Å². The van der Waals surface area contributed by atoms with E-state index in [1.54, 1.807) is 19.3 Å². The van der Waals surface area contributed by atoms with Crippen molar-refractivity contribution in [3.05, 3.63) is 24.0 Å². The first kappa shape index (κ1) is 9.33. The van der Waals surface area contributed by atoms with E-state index in [0.29, 0.717) is 0 Å². The molecule has 0 aliphatic carbocycles. The molecule has 0 radical (unpaired) electrons. The lowest BCUT2D eigenvalue weighted by Crippen LogP contribution is -2.27. The molecular formula is C10H16O2. The molecular weight excluding hydrogens is 152 g/mol. The summed E-state index contributed by atoms with van der Waals surface area (Å²) in [6.07, 6.45) is 5.17. The van der Waals surface area contributed by atoms with Gasteiger partial charge in [-0.1, -0.05) is 20.8 Å². The first-order valence-electron chi connectivity index (χ1n) is 4.11. The molecule has 0 fully saturated rings. The van der Waals surface area contributed by atoms with Gasteiger partial charge in [0, 0.05) is 6.92 Å². The number of rotatable bonds is 0. The predicted octanol–water partition coefficient (Wildman–Crippen LogP) is 2.21. The maximum absolute atomic E-state index is 9.56. The Morgan fingerprint density at radius 1 is 1.42 bits per heavy atom.